The second kappa shape index (κ2) is 16.8. The summed E-state index contributed by atoms with van der Waals surface area (Å²) in [6.07, 6.45) is 2.59. The number of nitrogens with zero attached hydrogens (tertiary/aromatic N) is 6. The topological polar surface area (TPSA) is 128 Å². The molecule has 262 valence electrons. The Morgan fingerprint density at radius 1 is 1.06 bits per heavy atom. The molecular formula is C36H41FN8O3S2. The molecule has 0 aliphatic carbocycles. The predicted molar refractivity (Wildman–Crippen MR) is 196 cm³/mol. The number of unbranched alkanes of at least 4 members (excludes halogenated alkanes) is 1. The number of rotatable bonds is 16. The average Bonchev–Trinajstić information content (AvgIpc) is 3.68. The highest BCUT2D eigenvalue weighted by molar-refractivity contribution is 7.22. The summed E-state index contributed by atoms with van der Waals surface area (Å²) in [7, 11) is 8.24. The van der Waals surface area contributed by atoms with Gasteiger partial charge in [0.1, 0.15) is 5.69 Å². The van der Waals surface area contributed by atoms with E-state index in [1.165, 1.54) is 28.7 Å². The molecule has 5 rings (SSSR count). The standard InChI is InChI=1S/C36H41FN8O3S2/c1-24-22-31(42-43-33(24)41-35-39-27-13-6-7-14-29(27)49-35)44(19-8-9-20-45(3,4)5)36-40-32(34(46)47)30(50-36)15-11-21-48-28-17-16-25(23-26(28)37)12-10-18-38-2/h6-7,13-14,16-17,22-23,38H,8-9,11,15,18-21H2,1-5H3,(H-,39,41,43,46,47). The molecule has 11 nitrogen and oxygen atoms in total. The molecule has 14 heteroatoms. The van der Waals surface area contributed by atoms with Gasteiger partial charge in [0, 0.05) is 17.0 Å². The number of aromatic carboxylic acids is 1. The Kier molecular flexibility index (Phi) is 12.3. The monoisotopic (exact) mass is 716 g/mol. The van der Waals surface area contributed by atoms with Crippen LogP contribution in [0, 0.1) is 24.6 Å². The van der Waals surface area contributed by atoms with Crippen molar-refractivity contribution in [3.63, 3.8) is 0 Å². The zero-order valence-corrected chi connectivity index (χ0v) is 30.5. The molecule has 0 amide bonds. The fourth-order valence-electron chi connectivity index (χ4n) is 5.05. The summed E-state index contributed by atoms with van der Waals surface area (Å²) in [5.74, 6) is 5.19. The number of thiazole rings is 2. The number of carbonyl (C=O) groups excluding carboxylic acids is 1. The summed E-state index contributed by atoms with van der Waals surface area (Å²) in [6.45, 7) is 4.17. The summed E-state index contributed by atoms with van der Waals surface area (Å²) in [5, 5.41) is 28.7. The molecule has 0 saturated heterocycles. The number of halogens is 1. The van der Waals surface area contributed by atoms with Crippen LogP contribution in [0.25, 0.3) is 10.2 Å². The molecule has 50 heavy (non-hydrogen) atoms. The molecule has 0 fully saturated rings. The van der Waals surface area contributed by atoms with Crippen LogP contribution in [0.15, 0.2) is 48.5 Å². The summed E-state index contributed by atoms with van der Waals surface area (Å²) in [6, 6.07) is 14.4. The number of aromatic nitrogens is 4. The zero-order valence-electron chi connectivity index (χ0n) is 28.9. The quantitative estimate of drug-likeness (QED) is 0.0789. The van der Waals surface area contributed by atoms with Crippen molar-refractivity contribution in [1.82, 2.24) is 25.5 Å². The lowest BCUT2D eigenvalue weighted by Gasteiger charge is -2.25. The van der Waals surface area contributed by atoms with Crippen LogP contribution in [0.3, 0.4) is 0 Å². The molecule has 0 spiro atoms. The maximum atomic E-state index is 14.6. The first kappa shape index (κ1) is 36.6. The first-order valence-electron chi connectivity index (χ1n) is 16.3. The Labute approximate surface area is 299 Å². The van der Waals surface area contributed by atoms with E-state index in [1.54, 1.807) is 19.2 Å². The van der Waals surface area contributed by atoms with E-state index in [-0.39, 0.29) is 18.1 Å². The number of quaternary nitrogens is 1. The van der Waals surface area contributed by atoms with Gasteiger partial charge in [0.25, 0.3) is 0 Å². The highest BCUT2D eigenvalue weighted by Crippen LogP contribution is 2.34. The zero-order chi connectivity index (χ0) is 35.7. The number of carboxylic acid groups (broad SMARTS) is 1. The van der Waals surface area contributed by atoms with Gasteiger partial charge in [0.2, 0.25) is 0 Å². The number of carbonyl (C=O) groups is 1. The molecule has 3 heterocycles. The van der Waals surface area contributed by atoms with Crippen molar-refractivity contribution in [3.8, 4) is 17.6 Å². The highest BCUT2D eigenvalue weighted by atomic mass is 32.1. The van der Waals surface area contributed by atoms with Gasteiger partial charge in [-0.3, -0.25) is 0 Å². The van der Waals surface area contributed by atoms with Crippen LogP contribution < -0.4 is 25.4 Å². The number of anilines is 4. The number of fused-ring (bicyclic) bond motifs is 1. The van der Waals surface area contributed by atoms with Gasteiger partial charge >= 0.3 is 0 Å². The first-order chi connectivity index (χ1) is 24.0. The summed E-state index contributed by atoms with van der Waals surface area (Å²) >= 11 is 2.81. The lowest BCUT2D eigenvalue weighted by molar-refractivity contribution is -0.870. The van der Waals surface area contributed by atoms with E-state index in [0.29, 0.717) is 53.1 Å². The van der Waals surface area contributed by atoms with Crippen molar-refractivity contribution in [2.75, 3.05) is 64.6 Å². The van der Waals surface area contributed by atoms with Crippen LogP contribution in [-0.2, 0) is 6.42 Å². The van der Waals surface area contributed by atoms with Crippen LogP contribution >= 0.6 is 22.7 Å². The minimum Gasteiger partial charge on any atom is -0.543 e. The third kappa shape index (κ3) is 9.95. The van der Waals surface area contributed by atoms with E-state index in [4.69, 9.17) is 4.74 Å². The molecule has 2 N–H and O–H groups in total. The largest absolute Gasteiger partial charge is 0.543 e. The van der Waals surface area contributed by atoms with Crippen molar-refractivity contribution >= 4 is 60.8 Å². The van der Waals surface area contributed by atoms with E-state index >= 15 is 0 Å². The lowest BCUT2D eigenvalue weighted by atomic mass is 10.2. The molecule has 0 aliphatic rings. The molecule has 0 saturated carbocycles. The Hall–Kier alpha value is -4.68. The molecule has 0 bridgehead atoms. The van der Waals surface area contributed by atoms with Crippen LogP contribution in [0.1, 0.15) is 45.8 Å². The van der Waals surface area contributed by atoms with E-state index in [0.717, 1.165) is 44.8 Å². The van der Waals surface area contributed by atoms with Gasteiger partial charge in [-0.2, -0.15) is 0 Å². The number of hydrogen-bond donors (Lipinski definition) is 2. The van der Waals surface area contributed by atoms with Gasteiger partial charge in [-0.05, 0) is 81.6 Å². The van der Waals surface area contributed by atoms with Crippen molar-refractivity contribution in [2.24, 2.45) is 0 Å². The number of carboxylic acids is 1. The number of nitrogens with one attached hydrogen (secondary N) is 2. The number of ether oxygens (including phenoxy) is 1. The molecule has 0 atom stereocenters. The fraction of sp³-hybridized carbons (Fsp3) is 0.361. The van der Waals surface area contributed by atoms with Crippen LogP contribution in [0.4, 0.5) is 26.3 Å². The minimum atomic E-state index is -1.35. The fourth-order valence-corrected chi connectivity index (χ4v) is 7.04. The first-order valence-corrected chi connectivity index (χ1v) is 18.0. The lowest BCUT2D eigenvalue weighted by Crippen LogP contribution is -2.35. The van der Waals surface area contributed by atoms with E-state index in [2.05, 4.69) is 63.8 Å². The smallest absolute Gasteiger partial charge is 0.191 e. The predicted octanol–water partition coefficient (Wildman–Crippen LogP) is 5.30. The Bertz CT molecular complexity index is 1960. The third-order valence-electron chi connectivity index (χ3n) is 7.57. The summed E-state index contributed by atoms with van der Waals surface area (Å²) in [4.78, 5) is 23.8. The molecule has 3 aromatic heterocycles. The van der Waals surface area contributed by atoms with Gasteiger partial charge in [0.15, 0.2) is 33.5 Å². The minimum absolute atomic E-state index is 0.115. The van der Waals surface area contributed by atoms with Crippen LogP contribution in [-0.4, -0.2) is 85.0 Å². The van der Waals surface area contributed by atoms with Gasteiger partial charge < -0.3 is 34.7 Å². The van der Waals surface area contributed by atoms with Gasteiger partial charge in [-0.15, -0.1) is 21.5 Å². The number of para-hydroxylation sites is 1. The third-order valence-corrected chi connectivity index (χ3v) is 9.66. The summed E-state index contributed by atoms with van der Waals surface area (Å²) < 4.78 is 22.2. The second-order valence-electron chi connectivity index (χ2n) is 12.7. The average molecular weight is 717 g/mol. The molecule has 5 aromatic rings. The summed E-state index contributed by atoms with van der Waals surface area (Å²) in [5.41, 5.74) is 2.20. The Morgan fingerprint density at radius 3 is 2.60 bits per heavy atom. The van der Waals surface area contributed by atoms with Crippen LogP contribution in [0.2, 0.25) is 0 Å². The molecule has 0 aliphatic heterocycles. The number of hydrogen-bond acceptors (Lipinski definition) is 12. The van der Waals surface area contributed by atoms with Crippen molar-refractivity contribution < 1.29 is 23.5 Å². The van der Waals surface area contributed by atoms with Crippen molar-refractivity contribution in [2.45, 2.75) is 32.6 Å². The molecule has 0 radical (unpaired) electrons. The normalized spacial score (nSPS) is 11.3. The number of aryl methyl sites for hydroxylation is 2. The molecule has 0 unspecified atom stereocenters. The van der Waals surface area contributed by atoms with Crippen molar-refractivity contribution in [1.29, 1.82) is 0 Å². The Balaban J connectivity index is 1.31. The van der Waals surface area contributed by atoms with Gasteiger partial charge in [-0.25, -0.2) is 14.4 Å². The van der Waals surface area contributed by atoms with Gasteiger partial charge in [0.05, 0.1) is 57.0 Å². The van der Waals surface area contributed by atoms with Crippen LogP contribution in [0.5, 0.6) is 5.75 Å². The number of benzene rings is 2. The Morgan fingerprint density at radius 2 is 1.88 bits per heavy atom. The maximum Gasteiger partial charge on any atom is 0.191 e. The van der Waals surface area contributed by atoms with E-state index < -0.39 is 11.8 Å². The molecule has 2 aromatic carbocycles. The van der Waals surface area contributed by atoms with Crippen molar-refractivity contribution in [3.05, 3.63) is 76.0 Å². The second-order valence-corrected chi connectivity index (χ2v) is 14.8. The SMILES string of the molecule is CNCC#Cc1ccc(OCCCc2sc(N(CCCC[N+](C)(C)C)c3cc(C)c(Nc4nc5ccccc5s4)nn3)nc2C(=O)[O-])c(F)c1. The maximum absolute atomic E-state index is 14.6. The van der Waals surface area contributed by atoms with E-state index in [1.807, 2.05) is 42.2 Å². The molecular weight excluding hydrogens is 676 g/mol. The van der Waals surface area contributed by atoms with Gasteiger partial charge in [-0.1, -0.05) is 35.3 Å². The van der Waals surface area contributed by atoms with E-state index in [9.17, 15) is 14.3 Å². The highest BCUT2D eigenvalue weighted by Gasteiger charge is 2.21.